The lowest BCUT2D eigenvalue weighted by Crippen LogP contribution is -2.24. The summed E-state index contributed by atoms with van der Waals surface area (Å²) in [6.07, 6.45) is 7.18. The Balaban J connectivity index is 1.32. The van der Waals surface area contributed by atoms with Gasteiger partial charge in [0, 0.05) is 61.8 Å². The molecule has 0 radical (unpaired) electrons. The lowest BCUT2D eigenvalue weighted by molar-refractivity contribution is 0.0115. The van der Waals surface area contributed by atoms with Crippen LogP contribution in [0.2, 0.25) is 0 Å². The number of fused-ring (bicyclic) bond motifs is 1. The molecule has 9 heteroatoms. The Morgan fingerprint density at radius 1 is 1.03 bits per heavy atom. The van der Waals surface area contributed by atoms with E-state index in [1.54, 1.807) is 11.1 Å². The smallest absolute Gasteiger partial charge is 0.261 e. The van der Waals surface area contributed by atoms with Gasteiger partial charge in [-0.1, -0.05) is 6.07 Å². The molecular formula is C26H29F2N7. The number of H-pyrrole nitrogens is 1. The fourth-order valence-electron chi connectivity index (χ4n) is 4.54. The number of halogens is 2. The average molecular weight is 478 g/mol. The van der Waals surface area contributed by atoms with Gasteiger partial charge in [-0.3, -0.25) is 20.0 Å². The van der Waals surface area contributed by atoms with Crippen molar-refractivity contribution in [1.29, 1.82) is 0 Å². The molecule has 1 aliphatic rings. The summed E-state index contributed by atoms with van der Waals surface area (Å²) in [5.74, 6) is -2.59. The molecule has 1 aliphatic heterocycles. The number of nitrogens with one attached hydrogen (secondary N) is 2. The first-order valence-electron chi connectivity index (χ1n) is 11.7. The second-order valence-electron chi connectivity index (χ2n) is 9.51. The van der Waals surface area contributed by atoms with E-state index in [2.05, 4.69) is 42.5 Å². The summed E-state index contributed by atoms with van der Waals surface area (Å²) in [4.78, 5) is 12.6. The quantitative estimate of drug-likeness (QED) is 0.388. The van der Waals surface area contributed by atoms with Gasteiger partial charge in [0.2, 0.25) is 0 Å². The van der Waals surface area contributed by atoms with Gasteiger partial charge in [-0.05, 0) is 55.1 Å². The maximum Gasteiger partial charge on any atom is 0.261 e. The monoisotopic (exact) mass is 477 g/mol. The lowest BCUT2D eigenvalue weighted by atomic mass is 10.0. The molecule has 0 unspecified atom stereocenters. The van der Waals surface area contributed by atoms with Crippen LogP contribution in [-0.4, -0.2) is 63.1 Å². The predicted octanol–water partition coefficient (Wildman–Crippen LogP) is 4.53. The molecule has 7 nitrogen and oxygen atoms in total. The highest BCUT2D eigenvalue weighted by Gasteiger charge is 2.37. The third kappa shape index (κ3) is 5.63. The molecule has 4 aromatic rings. The number of rotatable bonds is 8. The molecule has 0 saturated carbocycles. The molecule has 0 bridgehead atoms. The maximum atomic E-state index is 13.6. The number of likely N-dealkylation sites (tertiary alicyclic amines) is 1. The molecule has 35 heavy (non-hydrogen) atoms. The third-order valence-electron chi connectivity index (χ3n) is 6.18. The minimum atomic E-state index is -2.59. The molecule has 0 atom stereocenters. The predicted molar refractivity (Wildman–Crippen MR) is 133 cm³/mol. The number of aromatic amines is 1. The molecule has 1 saturated heterocycles. The number of hydrogen-bond donors (Lipinski definition) is 2. The first kappa shape index (κ1) is 23.3. The summed E-state index contributed by atoms with van der Waals surface area (Å²) in [5.41, 5.74) is 6.84. The van der Waals surface area contributed by atoms with Gasteiger partial charge in [0.15, 0.2) is 0 Å². The topological polar surface area (TPSA) is 73.0 Å². The van der Waals surface area contributed by atoms with Gasteiger partial charge >= 0.3 is 0 Å². The Labute approximate surface area is 203 Å². The number of pyridine rings is 2. The van der Waals surface area contributed by atoms with E-state index in [1.165, 1.54) is 0 Å². The van der Waals surface area contributed by atoms with Crippen molar-refractivity contribution in [3.63, 3.8) is 0 Å². The molecule has 3 aromatic heterocycles. The van der Waals surface area contributed by atoms with Gasteiger partial charge in [-0.15, -0.1) is 0 Å². The van der Waals surface area contributed by atoms with Crippen LogP contribution in [0, 0.1) is 0 Å². The second kappa shape index (κ2) is 9.67. The zero-order valence-corrected chi connectivity index (χ0v) is 19.9. The summed E-state index contributed by atoms with van der Waals surface area (Å²) in [7, 11) is 4.06. The van der Waals surface area contributed by atoms with Gasteiger partial charge in [0.05, 0.1) is 30.0 Å². The van der Waals surface area contributed by atoms with Crippen molar-refractivity contribution in [2.24, 2.45) is 0 Å². The number of aromatic nitrogens is 4. The summed E-state index contributed by atoms with van der Waals surface area (Å²) in [5, 5.41) is 12.0. The zero-order chi connectivity index (χ0) is 24.4. The van der Waals surface area contributed by atoms with Crippen LogP contribution in [-0.2, 0) is 19.6 Å². The Bertz CT molecular complexity index is 1320. The van der Waals surface area contributed by atoms with Crippen molar-refractivity contribution < 1.29 is 8.78 Å². The van der Waals surface area contributed by atoms with E-state index in [-0.39, 0.29) is 13.0 Å². The fraction of sp³-hybridized carbons (Fsp3) is 0.346. The van der Waals surface area contributed by atoms with Gasteiger partial charge in [0.1, 0.15) is 0 Å². The van der Waals surface area contributed by atoms with E-state index in [1.807, 2.05) is 50.9 Å². The minimum Gasteiger partial charge on any atom is -0.378 e. The first-order chi connectivity index (χ1) is 16.8. The zero-order valence-electron chi connectivity index (χ0n) is 19.9. The summed E-state index contributed by atoms with van der Waals surface area (Å²) in [6.45, 7) is 2.09. The van der Waals surface area contributed by atoms with E-state index >= 15 is 0 Å². The van der Waals surface area contributed by atoms with Crippen LogP contribution in [0.15, 0.2) is 55.1 Å². The number of hydrogen-bond acceptors (Lipinski definition) is 6. The van der Waals surface area contributed by atoms with Crippen LogP contribution in [0.3, 0.4) is 0 Å². The molecular weight excluding hydrogens is 448 g/mol. The van der Waals surface area contributed by atoms with Gasteiger partial charge in [0.25, 0.3) is 5.92 Å². The van der Waals surface area contributed by atoms with Crippen LogP contribution in [0.4, 0.5) is 14.5 Å². The SMILES string of the molecule is CN(C)Cc1cncc(NCc2[nH]nc3ccc(-c4cncc(CN5CCC(F)(F)C5)c4)cc23)c1. The fourth-order valence-corrected chi connectivity index (χ4v) is 4.54. The Morgan fingerprint density at radius 3 is 2.66 bits per heavy atom. The second-order valence-corrected chi connectivity index (χ2v) is 9.51. The van der Waals surface area contributed by atoms with E-state index in [9.17, 15) is 8.78 Å². The molecule has 2 N–H and O–H groups in total. The van der Waals surface area contributed by atoms with E-state index < -0.39 is 5.92 Å². The number of nitrogens with zero attached hydrogens (tertiary/aromatic N) is 5. The van der Waals surface area contributed by atoms with E-state index in [0.29, 0.717) is 19.6 Å². The lowest BCUT2D eigenvalue weighted by Gasteiger charge is -2.15. The number of alkyl halides is 2. The van der Waals surface area contributed by atoms with Crippen LogP contribution in [0.25, 0.3) is 22.0 Å². The molecule has 4 heterocycles. The van der Waals surface area contributed by atoms with Crippen molar-refractivity contribution in [2.45, 2.75) is 32.0 Å². The normalized spacial score (nSPS) is 15.8. The molecule has 0 aliphatic carbocycles. The van der Waals surface area contributed by atoms with Crippen LogP contribution in [0.1, 0.15) is 23.2 Å². The molecule has 1 fully saturated rings. The van der Waals surface area contributed by atoms with Crippen molar-refractivity contribution in [2.75, 3.05) is 32.5 Å². The number of benzene rings is 1. The first-order valence-corrected chi connectivity index (χ1v) is 11.7. The highest BCUT2D eigenvalue weighted by atomic mass is 19.3. The summed E-state index contributed by atoms with van der Waals surface area (Å²) < 4.78 is 27.1. The molecule has 1 aromatic carbocycles. The summed E-state index contributed by atoms with van der Waals surface area (Å²) >= 11 is 0. The summed E-state index contributed by atoms with van der Waals surface area (Å²) in [6, 6.07) is 10.2. The van der Waals surface area contributed by atoms with Crippen molar-refractivity contribution in [3.8, 4) is 11.1 Å². The Morgan fingerprint density at radius 2 is 1.86 bits per heavy atom. The van der Waals surface area contributed by atoms with Gasteiger partial charge in [-0.2, -0.15) is 5.10 Å². The van der Waals surface area contributed by atoms with Gasteiger partial charge in [-0.25, -0.2) is 8.78 Å². The van der Waals surface area contributed by atoms with E-state index in [4.69, 9.17) is 0 Å². The van der Waals surface area contributed by atoms with Crippen molar-refractivity contribution in [3.05, 3.63) is 71.9 Å². The minimum absolute atomic E-state index is 0.0793. The van der Waals surface area contributed by atoms with Crippen molar-refractivity contribution in [1.82, 2.24) is 30.0 Å². The third-order valence-corrected chi connectivity index (χ3v) is 6.18. The van der Waals surface area contributed by atoms with Crippen LogP contribution >= 0.6 is 0 Å². The van der Waals surface area contributed by atoms with Crippen molar-refractivity contribution >= 4 is 16.6 Å². The van der Waals surface area contributed by atoms with Crippen LogP contribution in [0.5, 0.6) is 0 Å². The molecule has 0 spiro atoms. The highest BCUT2D eigenvalue weighted by molar-refractivity contribution is 5.86. The molecule has 0 amide bonds. The molecule has 182 valence electrons. The molecule has 5 rings (SSSR count). The largest absolute Gasteiger partial charge is 0.378 e. The highest BCUT2D eigenvalue weighted by Crippen LogP contribution is 2.29. The number of anilines is 1. The Kier molecular flexibility index (Phi) is 6.44. The van der Waals surface area contributed by atoms with E-state index in [0.717, 1.165) is 51.1 Å². The average Bonchev–Trinajstić information content (AvgIpc) is 3.39. The maximum absolute atomic E-state index is 13.6. The Hall–Kier alpha value is -3.43. The van der Waals surface area contributed by atoms with Gasteiger partial charge < -0.3 is 10.2 Å². The standard InChI is InChI=1S/C26H29F2N7/c1-34(2)15-19-8-22(13-30-11-19)31-14-25-23-9-20(3-4-24(23)32-33-25)21-7-18(10-29-12-21)16-35-6-5-26(27,28)17-35/h3-4,7-13,31H,5-6,14-17H2,1-2H3,(H,32,33). The van der Waals surface area contributed by atoms with Crippen LogP contribution < -0.4 is 5.32 Å².